The van der Waals surface area contributed by atoms with Gasteiger partial charge in [-0.3, -0.25) is 4.90 Å². The van der Waals surface area contributed by atoms with Gasteiger partial charge in [-0.05, 0) is 24.7 Å². The van der Waals surface area contributed by atoms with Gasteiger partial charge in [0.05, 0.1) is 12.7 Å². The van der Waals surface area contributed by atoms with E-state index in [0.717, 1.165) is 19.2 Å². The van der Waals surface area contributed by atoms with Crippen LogP contribution in [0.5, 0.6) is 5.75 Å². The van der Waals surface area contributed by atoms with E-state index in [1.54, 1.807) is 6.07 Å². The smallest absolute Gasteiger partial charge is 0.416 e. The number of piperazine rings is 1. The lowest BCUT2D eigenvalue weighted by Crippen LogP contribution is -2.44. The molecule has 1 aliphatic rings. The minimum absolute atomic E-state index is 0.225. The lowest BCUT2D eigenvalue weighted by molar-refractivity contribution is -0.138. The molecule has 1 heterocycles. The Labute approximate surface area is 110 Å². The van der Waals surface area contributed by atoms with Crippen LogP contribution in [0.1, 0.15) is 17.2 Å². The molecule has 0 radical (unpaired) electrons. The first-order valence-electron chi connectivity index (χ1n) is 6.09. The molecule has 1 saturated heterocycles. The van der Waals surface area contributed by atoms with E-state index < -0.39 is 11.7 Å². The Morgan fingerprint density at radius 3 is 2.68 bits per heavy atom. The van der Waals surface area contributed by atoms with Crippen molar-refractivity contribution in [2.45, 2.75) is 12.2 Å². The molecule has 1 fully saturated rings. The monoisotopic (exact) mass is 274 g/mol. The van der Waals surface area contributed by atoms with E-state index in [9.17, 15) is 13.2 Å². The summed E-state index contributed by atoms with van der Waals surface area (Å²) in [5, 5.41) is 3.13. The molecule has 6 heteroatoms. The minimum atomic E-state index is -4.37. The molecule has 1 N–H and O–H groups in total. The standard InChI is InChI=1S/C13H17F3N2O/c1-18-6-5-17-8-12(18)10-4-3-9(19-2)7-11(10)13(14,15)16/h3-4,7,12,17H,5-6,8H2,1-2H3. The van der Waals surface area contributed by atoms with E-state index in [-0.39, 0.29) is 11.8 Å². The number of halogens is 3. The zero-order valence-electron chi connectivity index (χ0n) is 10.9. The van der Waals surface area contributed by atoms with Gasteiger partial charge in [-0.25, -0.2) is 0 Å². The van der Waals surface area contributed by atoms with Gasteiger partial charge in [-0.15, -0.1) is 0 Å². The molecular formula is C13H17F3N2O. The number of rotatable bonds is 2. The Morgan fingerprint density at radius 1 is 1.37 bits per heavy atom. The zero-order chi connectivity index (χ0) is 14.0. The van der Waals surface area contributed by atoms with Gasteiger partial charge in [0, 0.05) is 25.7 Å². The van der Waals surface area contributed by atoms with Crippen LogP contribution in [0.25, 0.3) is 0 Å². The molecule has 1 unspecified atom stereocenters. The number of hydrogen-bond acceptors (Lipinski definition) is 3. The van der Waals surface area contributed by atoms with Crippen molar-refractivity contribution in [2.24, 2.45) is 0 Å². The maximum Gasteiger partial charge on any atom is 0.416 e. The van der Waals surface area contributed by atoms with Crippen LogP contribution in [0, 0.1) is 0 Å². The third-order valence-corrected chi connectivity index (χ3v) is 3.44. The molecule has 1 aliphatic heterocycles. The average molecular weight is 274 g/mol. The van der Waals surface area contributed by atoms with Crippen molar-refractivity contribution in [3.05, 3.63) is 29.3 Å². The quantitative estimate of drug-likeness (QED) is 0.895. The number of nitrogens with zero attached hydrogens (tertiary/aromatic N) is 1. The van der Waals surface area contributed by atoms with Gasteiger partial charge in [0.2, 0.25) is 0 Å². The van der Waals surface area contributed by atoms with Gasteiger partial charge in [0.1, 0.15) is 5.75 Å². The number of alkyl halides is 3. The van der Waals surface area contributed by atoms with Crippen molar-refractivity contribution < 1.29 is 17.9 Å². The van der Waals surface area contributed by atoms with E-state index in [4.69, 9.17) is 4.74 Å². The van der Waals surface area contributed by atoms with Crippen molar-refractivity contribution >= 4 is 0 Å². The molecule has 1 aromatic rings. The summed E-state index contributed by atoms with van der Waals surface area (Å²) in [5.41, 5.74) is -0.324. The predicted molar refractivity (Wildman–Crippen MR) is 66.2 cm³/mol. The molecule has 1 aromatic carbocycles. The molecule has 0 aliphatic carbocycles. The number of benzene rings is 1. The van der Waals surface area contributed by atoms with Crippen LogP contribution in [0.4, 0.5) is 13.2 Å². The number of nitrogens with one attached hydrogen (secondary N) is 1. The highest BCUT2D eigenvalue weighted by Crippen LogP contribution is 2.38. The van der Waals surface area contributed by atoms with Gasteiger partial charge in [-0.1, -0.05) is 6.07 Å². The maximum absolute atomic E-state index is 13.2. The van der Waals surface area contributed by atoms with Gasteiger partial charge >= 0.3 is 6.18 Å². The third kappa shape index (κ3) is 3.01. The molecule has 106 valence electrons. The van der Waals surface area contributed by atoms with Gasteiger partial charge in [0.25, 0.3) is 0 Å². The summed E-state index contributed by atoms with van der Waals surface area (Å²) in [6.07, 6.45) is -4.37. The highest BCUT2D eigenvalue weighted by atomic mass is 19.4. The lowest BCUT2D eigenvalue weighted by atomic mass is 9.97. The Morgan fingerprint density at radius 2 is 2.11 bits per heavy atom. The summed E-state index contributed by atoms with van der Waals surface area (Å²) in [7, 11) is 3.21. The minimum Gasteiger partial charge on any atom is -0.497 e. The topological polar surface area (TPSA) is 24.5 Å². The van der Waals surface area contributed by atoms with Crippen molar-refractivity contribution in [1.82, 2.24) is 10.2 Å². The first kappa shape index (κ1) is 14.1. The van der Waals surface area contributed by atoms with Crippen LogP contribution < -0.4 is 10.1 Å². The van der Waals surface area contributed by atoms with Crippen LogP contribution >= 0.6 is 0 Å². The second-order valence-electron chi connectivity index (χ2n) is 4.65. The Hall–Kier alpha value is -1.27. The molecular weight excluding hydrogens is 257 g/mol. The van der Waals surface area contributed by atoms with Crippen LogP contribution in [-0.4, -0.2) is 38.7 Å². The average Bonchev–Trinajstić information content (AvgIpc) is 2.38. The molecule has 0 saturated carbocycles. The van der Waals surface area contributed by atoms with Crippen molar-refractivity contribution in [2.75, 3.05) is 33.8 Å². The molecule has 2 rings (SSSR count). The summed E-state index contributed by atoms with van der Waals surface area (Å²) in [5.74, 6) is 0.225. The third-order valence-electron chi connectivity index (χ3n) is 3.44. The van der Waals surface area contributed by atoms with Crippen molar-refractivity contribution in [1.29, 1.82) is 0 Å². The van der Waals surface area contributed by atoms with Crippen molar-refractivity contribution in [3.8, 4) is 5.75 Å². The second-order valence-corrected chi connectivity index (χ2v) is 4.65. The molecule has 0 bridgehead atoms. The SMILES string of the molecule is COc1ccc(C2CNCCN2C)c(C(F)(F)F)c1. The fraction of sp³-hybridized carbons (Fsp3) is 0.538. The molecule has 3 nitrogen and oxygen atoms in total. The summed E-state index contributed by atoms with van der Waals surface area (Å²) >= 11 is 0. The fourth-order valence-corrected chi connectivity index (χ4v) is 2.35. The van der Waals surface area contributed by atoms with Gasteiger partial charge in [-0.2, -0.15) is 13.2 Å². The maximum atomic E-state index is 13.2. The second kappa shape index (κ2) is 5.38. The summed E-state index contributed by atoms with van der Waals surface area (Å²) in [4.78, 5) is 1.94. The summed E-state index contributed by atoms with van der Waals surface area (Å²) in [6.45, 7) is 2.05. The molecule has 1 atom stereocenters. The molecule has 0 amide bonds. The first-order valence-corrected chi connectivity index (χ1v) is 6.09. The Balaban J connectivity index is 2.43. The summed E-state index contributed by atoms with van der Waals surface area (Å²) in [6, 6.07) is 3.89. The highest BCUT2D eigenvalue weighted by molar-refractivity contribution is 5.39. The van der Waals surface area contributed by atoms with E-state index in [1.807, 2.05) is 11.9 Å². The van der Waals surface area contributed by atoms with Crippen LogP contribution in [0.15, 0.2) is 18.2 Å². The van der Waals surface area contributed by atoms with Crippen LogP contribution in [-0.2, 0) is 6.18 Å². The number of hydrogen-bond donors (Lipinski definition) is 1. The van der Waals surface area contributed by atoms with E-state index in [2.05, 4.69) is 5.32 Å². The number of ether oxygens (including phenoxy) is 1. The number of likely N-dealkylation sites (N-methyl/N-ethyl adjacent to an activating group) is 1. The molecule has 0 spiro atoms. The first-order chi connectivity index (χ1) is 8.93. The van der Waals surface area contributed by atoms with Crippen molar-refractivity contribution in [3.63, 3.8) is 0 Å². The highest BCUT2D eigenvalue weighted by Gasteiger charge is 2.37. The number of methoxy groups -OCH3 is 1. The van der Waals surface area contributed by atoms with E-state index in [1.165, 1.54) is 13.2 Å². The molecule has 19 heavy (non-hydrogen) atoms. The fourth-order valence-electron chi connectivity index (χ4n) is 2.35. The van der Waals surface area contributed by atoms with E-state index >= 15 is 0 Å². The Bertz CT molecular complexity index is 448. The normalized spacial score (nSPS) is 21.4. The van der Waals surface area contributed by atoms with E-state index in [0.29, 0.717) is 12.1 Å². The summed E-state index contributed by atoms with van der Waals surface area (Å²) < 4.78 is 44.3. The van der Waals surface area contributed by atoms with Crippen LogP contribution in [0.3, 0.4) is 0 Å². The zero-order valence-corrected chi connectivity index (χ0v) is 10.9. The van der Waals surface area contributed by atoms with Crippen LogP contribution in [0.2, 0.25) is 0 Å². The Kier molecular flexibility index (Phi) is 4.01. The van der Waals surface area contributed by atoms with Gasteiger partial charge in [0.15, 0.2) is 0 Å². The predicted octanol–water partition coefficient (Wildman–Crippen LogP) is 2.29. The van der Waals surface area contributed by atoms with Gasteiger partial charge < -0.3 is 10.1 Å². The molecule has 0 aromatic heterocycles. The largest absolute Gasteiger partial charge is 0.497 e. The lowest BCUT2D eigenvalue weighted by Gasteiger charge is -2.34.